The Morgan fingerprint density at radius 3 is 1.85 bits per heavy atom. The number of aryl methyl sites for hydroxylation is 1. The van der Waals surface area contributed by atoms with E-state index in [2.05, 4.69) is 13.8 Å². The summed E-state index contributed by atoms with van der Waals surface area (Å²) in [7, 11) is 0. The van der Waals surface area contributed by atoms with Crippen LogP contribution in [0.25, 0.3) is 6.08 Å². The first-order chi connectivity index (χ1) is 18.6. The van der Waals surface area contributed by atoms with Crippen LogP contribution in [0.15, 0.2) is 36.4 Å². The molecule has 2 aromatic rings. The molecule has 0 aliphatic rings. The van der Waals surface area contributed by atoms with Crippen LogP contribution >= 0.6 is 0 Å². The van der Waals surface area contributed by atoms with Crippen molar-refractivity contribution < 1.29 is 28.6 Å². The van der Waals surface area contributed by atoms with Crippen LogP contribution in [0.4, 0.5) is 0 Å². The molecule has 2 aromatic carbocycles. The van der Waals surface area contributed by atoms with Crippen LogP contribution in [-0.4, -0.2) is 23.8 Å². The van der Waals surface area contributed by atoms with E-state index in [4.69, 9.17) is 14.2 Å². The molecular weight excluding hydrogens is 504 g/mol. The highest BCUT2D eigenvalue weighted by Crippen LogP contribution is 2.40. The van der Waals surface area contributed by atoms with Gasteiger partial charge in [-0.1, -0.05) is 26.7 Å². The van der Waals surface area contributed by atoms with Crippen LogP contribution in [0.1, 0.15) is 109 Å². The van der Waals surface area contributed by atoms with Gasteiger partial charge in [-0.3, -0.25) is 14.4 Å². The van der Waals surface area contributed by atoms with Crippen molar-refractivity contribution >= 4 is 23.8 Å². The molecule has 0 unspecified atom stereocenters. The standard InChI is InChI=1S/C34H46O6/c1-11-13-24-21-25(17-20-28(35)23-15-18-26(19-16-23)39-31(36)33(5,6)7)29(38-22(3)4)27(14-12-2)30(24)40-32(37)34(8,9)10/h15-22H,11-14H2,1-10H3. The van der Waals surface area contributed by atoms with Crippen molar-refractivity contribution in [1.29, 1.82) is 0 Å². The van der Waals surface area contributed by atoms with Gasteiger partial charge >= 0.3 is 11.9 Å². The second-order valence-corrected chi connectivity index (χ2v) is 12.4. The number of rotatable bonds is 11. The SMILES string of the molecule is CCCc1cc(C=CC(=O)c2ccc(OC(=O)C(C)(C)C)cc2)c(OC(C)C)c(CCC)c1OC(=O)C(C)(C)C. The molecule has 0 heterocycles. The lowest BCUT2D eigenvalue weighted by Gasteiger charge is -2.24. The monoisotopic (exact) mass is 550 g/mol. The Morgan fingerprint density at radius 2 is 1.35 bits per heavy atom. The third kappa shape index (κ3) is 9.07. The van der Waals surface area contributed by atoms with E-state index in [1.54, 1.807) is 51.1 Å². The van der Waals surface area contributed by atoms with Gasteiger partial charge in [0, 0.05) is 16.7 Å². The zero-order chi connectivity index (χ0) is 30.3. The fourth-order valence-electron chi connectivity index (χ4n) is 3.80. The predicted octanol–water partition coefficient (Wildman–Crippen LogP) is 8.18. The molecule has 6 heteroatoms. The number of ether oxygens (including phenoxy) is 3. The lowest BCUT2D eigenvalue weighted by molar-refractivity contribution is -0.143. The van der Waals surface area contributed by atoms with Gasteiger partial charge in [-0.05, 0) is 116 Å². The molecule has 0 N–H and O–H groups in total. The third-order valence-corrected chi connectivity index (χ3v) is 5.99. The number of hydrogen-bond acceptors (Lipinski definition) is 6. The van der Waals surface area contributed by atoms with Crippen LogP contribution in [0.5, 0.6) is 17.2 Å². The quantitative estimate of drug-likeness (QED) is 0.121. The van der Waals surface area contributed by atoms with Crippen LogP contribution in [0, 0.1) is 10.8 Å². The van der Waals surface area contributed by atoms with E-state index >= 15 is 0 Å². The molecule has 0 atom stereocenters. The molecule has 0 fully saturated rings. The number of hydrogen-bond donors (Lipinski definition) is 0. The zero-order valence-corrected chi connectivity index (χ0v) is 25.9. The Labute approximate surface area is 240 Å². The Bertz CT molecular complexity index is 1220. The van der Waals surface area contributed by atoms with Crippen LogP contribution in [-0.2, 0) is 22.4 Å². The van der Waals surface area contributed by atoms with Gasteiger partial charge < -0.3 is 14.2 Å². The van der Waals surface area contributed by atoms with E-state index in [0.717, 1.165) is 36.0 Å². The predicted molar refractivity (Wildman–Crippen MR) is 160 cm³/mol. The van der Waals surface area contributed by atoms with Crippen molar-refractivity contribution in [2.45, 2.75) is 101 Å². The molecule has 0 aromatic heterocycles. The van der Waals surface area contributed by atoms with E-state index in [-0.39, 0.29) is 23.8 Å². The second kappa shape index (κ2) is 13.8. The van der Waals surface area contributed by atoms with Crippen LogP contribution in [0.2, 0.25) is 0 Å². The fraction of sp³-hybridized carbons (Fsp3) is 0.500. The minimum atomic E-state index is -0.655. The molecule has 0 saturated heterocycles. The lowest BCUT2D eigenvalue weighted by atomic mass is 9.94. The van der Waals surface area contributed by atoms with Crippen molar-refractivity contribution in [3.63, 3.8) is 0 Å². The summed E-state index contributed by atoms with van der Waals surface area (Å²) in [6.07, 6.45) is 6.24. The highest BCUT2D eigenvalue weighted by Gasteiger charge is 2.28. The molecule has 0 spiro atoms. The van der Waals surface area contributed by atoms with E-state index in [1.165, 1.54) is 6.08 Å². The first-order valence-corrected chi connectivity index (χ1v) is 14.2. The van der Waals surface area contributed by atoms with Crippen molar-refractivity contribution in [2.75, 3.05) is 0 Å². The number of ketones is 1. The van der Waals surface area contributed by atoms with E-state index in [1.807, 2.05) is 40.7 Å². The number of allylic oxidation sites excluding steroid dienone is 1. The van der Waals surface area contributed by atoms with Crippen molar-refractivity contribution in [3.05, 3.63) is 58.7 Å². The van der Waals surface area contributed by atoms with Gasteiger partial charge in [0.15, 0.2) is 5.78 Å². The Kier molecular flexibility index (Phi) is 11.3. The third-order valence-electron chi connectivity index (χ3n) is 5.99. The van der Waals surface area contributed by atoms with Gasteiger partial charge in [-0.2, -0.15) is 0 Å². The summed E-state index contributed by atoms with van der Waals surface area (Å²) in [6, 6.07) is 8.49. The summed E-state index contributed by atoms with van der Waals surface area (Å²) < 4.78 is 17.7. The molecular formula is C34H46O6. The van der Waals surface area contributed by atoms with Crippen molar-refractivity contribution in [2.24, 2.45) is 10.8 Å². The van der Waals surface area contributed by atoms with Gasteiger partial charge in [-0.15, -0.1) is 0 Å². The molecule has 0 saturated carbocycles. The Balaban J connectivity index is 2.51. The molecule has 0 radical (unpaired) electrons. The number of carbonyl (C=O) groups is 3. The Morgan fingerprint density at radius 1 is 0.800 bits per heavy atom. The summed E-state index contributed by atoms with van der Waals surface area (Å²) in [4.78, 5) is 38.2. The fourth-order valence-corrected chi connectivity index (χ4v) is 3.80. The number of carbonyl (C=O) groups excluding carboxylic acids is 3. The molecule has 0 bridgehead atoms. The maximum absolute atomic E-state index is 13.1. The average molecular weight is 551 g/mol. The molecule has 0 amide bonds. The van der Waals surface area contributed by atoms with Gasteiger partial charge in [0.05, 0.1) is 16.9 Å². The molecule has 40 heavy (non-hydrogen) atoms. The normalized spacial score (nSPS) is 12.1. The maximum Gasteiger partial charge on any atom is 0.316 e. The molecule has 0 aliphatic carbocycles. The lowest BCUT2D eigenvalue weighted by Crippen LogP contribution is -2.26. The summed E-state index contributed by atoms with van der Waals surface area (Å²) in [5.41, 5.74) is 1.71. The van der Waals surface area contributed by atoms with E-state index < -0.39 is 10.8 Å². The second-order valence-electron chi connectivity index (χ2n) is 12.4. The highest BCUT2D eigenvalue weighted by molar-refractivity contribution is 6.07. The van der Waals surface area contributed by atoms with E-state index in [0.29, 0.717) is 29.2 Å². The van der Waals surface area contributed by atoms with Crippen molar-refractivity contribution in [1.82, 2.24) is 0 Å². The largest absolute Gasteiger partial charge is 0.490 e. The molecule has 6 nitrogen and oxygen atoms in total. The minimum Gasteiger partial charge on any atom is -0.490 e. The Hall–Kier alpha value is -3.41. The highest BCUT2D eigenvalue weighted by atomic mass is 16.5. The summed E-state index contributed by atoms with van der Waals surface area (Å²) in [5, 5.41) is 0. The van der Waals surface area contributed by atoms with Gasteiger partial charge in [0.2, 0.25) is 0 Å². The smallest absolute Gasteiger partial charge is 0.316 e. The molecule has 2 rings (SSSR count). The first kappa shape index (κ1) is 32.8. The average Bonchev–Trinajstić information content (AvgIpc) is 2.85. The van der Waals surface area contributed by atoms with Gasteiger partial charge in [-0.25, -0.2) is 0 Å². The summed E-state index contributed by atoms with van der Waals surface area (Å²) >= 11 is 0. The molecule has 218 valence electrons. The number of benzene rings is 2. The van der Waals surface area contributed by atoms with Crippen LogP contribution in [0.3, 0.4) is 0 Å². The number of esters is 2. The van der Waals surface area contributed by atoms with Crippen molar-refractivity contribution in [3.8, 4) is 17.2 Å². The zero-order valence-electron chi connectivity index (χ0n) is 25.9. The van der Waals surface area contributed by atoms with Gasteiger partial charge in [0.1, 0.15) is 17.2 Å². The maximum atomic E-state index is 13.1. The van der Waals surface area contributed by atoms with E-state index in [9.17, 15) is 14.4 Å². The topological polar surface area (TPSA) is 78.9 Å². The minimum absolute atomic E-state index is 0.120. The first-order valence-electron chi connectivity index (χ1n) is 14.2. The van der Waals surface area contributed by atoms with Crippen LogP contribution < -0.4 is 14.2 Å². The summed E-state index contributed by atoms with van der Waals surface area (Å²) in [5.74, 6) is 0.757. The summed E-state index contributed by atoms with van der Waals surface area (Å²) in [6.45, 7) is 18.9. The molecule has 0 aliphatic heterocycles. The van der Waals surface area contributed by atoms with Gasteiger partial charge in [0.25, 0.3) is 0 Å².